The van der Waals surface area contributed by atoms with E-state index in [-0.39, 0.29) is 36.7 Å². The van der Waals surface area contributed by atoms with E-state index in [4.69, 9.17) is 0 Å². The van der Waals surface area contributed by atoms with Crippen LogP contribution in [0, 0.1) is 0 Å². The van der Waals surface area contributed by atoms with Crippen molar-refractivity contribution in [1.29, 1.82) is 0 Å². The summed E-state index contributed by atoms with van der Waals surface area (Å²) >= 11 is 0. The summed E-state index contributed by atoms with van der Waals surface area (Å²) in [6, 6.07) is 8.58. The fourth-order valence-electron chi connectivity index (χ4n) is 2.80. The zero-order valence-corrected chi connectivity index (χ0v) is 14.2. The molecular formula is C18H20N4O3. The third kappa shape index (κ3) is 3.17. The molecule has 0 saturated heterocycles. The molecule has 1 unspecified atom stereocenters. The van der Waals surface area contributed by atoms with Gasteiger partial charge in [-0.25, -0.2) is 4.68 Å². The second-order valence-corrected chi connectivity index (χ2v) is 6.02. The second-order valence-electron chi connectivity index (χ2n) is 6.02. The minimum Gasteiger partial charge on any atom is -0.311 e. The Hall–Kier alpha value is -2.96. The molecule has 2 aromatic rings. The Labute approximate surface area is 145 Å². The van der Waals surface area contributed by atoms with Crippen LogP contribution in [-0.2, 0) is 4.79 Å². The van der Waals surface area contributed by atoms with Crippen molar-refractivity contribution >= 4 is 23.5 Å². The molecule has 130 valence electrons. The Bertz CT molecular complexity index is 792. The summed E-state index contributed by atoms with van der Waals surface area (Å²) < 4.78 is 1.75. The van der Waals surface area contributed by atoms with Gasteiger partial charge in [-0.05, 0) is 25.5 Å². The van der Waals surface area contributed by atoms with Gasteiger partial charge in [-0.3, -0.25) is 19.3 Å². The number of imide groups is 1. The summed E-state index contributed by atoms with van der Waals surface area (Å²) in [6.07, 6.45) is 2.56. The number of carbonyl (C=O) groups excluding carboxylic acids is 3. The minimum absolute atomic E-state index is 0.0388. The number of rotatable bonds is 6. The van der Waals surface area contributed by atoms with Crippen LogP contribution in [-0.4, -0.2) is 38.9 Å². The summed E-state index contributed by atoms with van der Waals surface area (Å²) in [4.78, 5) is 37.9. The summed E-state index contributed by atoms with van der Waals surface area (Å²) in [5.41, 5.74) is 0.783. The lowest BCUT2D eigenvalue weighted by Crippen LogP contribution is -2.33. The first kappa shape index (κ1) is 16.9. The van der Waals surface area contributed by atoms with E-state index < -0.39 is 0 Å². The van der Waals surface area contributed by atoms with Gasteiger partial charge in [-0.1, -0.05) is 19.1 Å². The van der Waals surface area contributed by atoms with Crippen molar-refractivity contribution in [2.75, 3.05) is 11.9 Å². The number of amides is 3. The third-order valence-corrected chi connectivity index (χ3v) is 4.39. The monoisotopic (exact) mass is 340 g/mol. The lowest BCUT2D eigenvalue weighted by atomic mass is 10.1. The largest absolute Gasteiger partial charge is 0.311 e. The fourth-order valence-corrected chi connectivity index (χ4v) is 2.80. The van der Waals surface area contributed by atoms with E-state index in [0.717, 1.165) is 11.3 Å². The Balaban J connectivity index is 1.62. The molecular weight excluding hydrogens is 320 g/mol. The van der Waals surface area contributed by atoms with Crippen LogP contribution in [0.3, 0.4) is 0 Å². The average Bonchev–Trinajstić information content (AvgIpc) is 3.17. The maximum Gasteiger partial charge on any atom is 0.261 e. The smallest absolute Gasteiger partial charge is 0.261 e. The van der Waals surface area contributed by atoms with Crippen molar-refractivity contribution in [2.24, 2.45) is 0 Å². The van der Waals surface area contributed by atoms with Gasteiger partial charge < -0.3 is 5.32 Å². The van der Waals surface area contributed by atoms with Crippen LogP contribution in [0.15, 0.2) is 36.5 Å². The maximum atomic E-state index is 12.3. The van der Waals surface area contributed by atoms with Gasteiger partial charge in [0.05, 0.1) is 23.4 Å². The molecule has 1 N–H and O–H groups in total. The highest BCUT2D eigenvalue weighted by atomic mass is 16.2. The molecule has 1 aromatic carbocycles. The Morgan fingerprint density at radius 3 is 2.40 bits per heavy atom. The van der Waals surface area contributed by atoms with Crippen LogP contribution in [0.5, 0.6) is 0 Å². The molecule has 1 atom stereocenters. The number of hydrogen-bond donors (Lipinski definition) is 1. The topological polar surface area (TPSA) is 84.3 Å². The molecule has 1 aliphatic rings. The van der Waals surface area contributed by atoms with E-state index in [0.29, 0.717) is 16.9 Å². The van der Waals surface area contributed by atoms with Gasteiger partial charge in [0.25, 0.3) is 11.8 Å². The van der Waals surface area contributed by atoms with Gasteiger partial charge in [0.1, 0.15) is 5.82 Å². The minimum atomic E-state index is -0.349. The van der Waals surface area contributed by atoms with E-state index in [9.17, 15) is 14.4 Å². The predicted molar refractivity (Wildman–Crippen MR) is 92.3 cm³/mol. The number of fused-ring (bicyclic) bond motifs is 1. The summed E-state index contributed by atoms with van der Waals surface area (Å²) in [6.45, 7) is 4.11. The van der Waals surface area contributed by atoms with Crippen LogP contribution in [0.25, 0.3) is 0 Å². The SMILES string of the molecule is CCC(C)n1nccc1NC(=O)CCN1C(=O)c2ccccc2C1=O. The molecule has 0 fully saturated rings. The molecule has 1 aromatic heterocycles. The number of anilines is 1. The molecule has 3 amide bonds. The van der Waals surface area contributed by atoms with Gasteiger partial charge in [-0.15, -0.1) is 0 Å². The number of benzene rings is 1. The summed E-state index contributed by atoms with van der Waals surface area (Å²) in [5, 5.41) is 7.00. The first-order valence-electron chi connectivity index (χ1n) is 8.31. The lowest BCUT2D eigenvalue weighted by molar-refractivity contribution is -0.116. The lowest BCUT2D eigenvalue weighted by Gasteiger charge is -2.16. The highest BCUT2D eigenvalue weighted by molar-refractivity contribution is 6.21. The van der Waals surface area contributed by atoms with Crippen LogP contribution < -0.4 is 5.32 Å². The van der Waals surface area contributed by atoms with E-state index in [2.05, 4.69) is 10.4 Å². The third-order valence-electron chi connectivity index (χ3n) is 4.39. The molecule has 0 radical (unpaired) electrons. The van der Waals surface area contributed by atoms with Gasteiger partial charge in [-0.2, -0.15) is 5.10 Å². The number of hydrogen-bond acceptors (Lipinski definition) is 4. The van der Waals surface area contributed by atoms with Crippen LogP contribution in [0.1, 0.15) is 53.4 Å². The van der Waals surface area contributed by atoms with Gasteiger partial charge in [0.2, 0.25) is 5.91 Å². The van der Waals surface area contributed by atoms with Gasteiger partial charge in [0.15, 0.2) is 0 Å². The van der Waals surface area contributed by atoms with Gasteiger partial charge in [0, 0.05) is 19.0 Å². The van der Waals surface area contributed by atoms with Crippen molar-refractivity contribution in [3.05, 3.63) is 47.7 Å². The maximum absolute atomic E-state index is 12.3. The number of aromatic nitrogens is 2. The first-order chi connectivity index (χ1) is 12.0. The molecule has 0 bridgehead atoms. The molecule has 1 aliphatic heterocycles. The van der Waals surface area contributed by atoms with Crippen LogP contribution >= 0.6 is 0 Å². The van der Waals surface area contributed by atoms with E-state index in [1.807, 2.05) is 13.8 Å². The summed E-state index contributed by atoms with van der Waals surface area (Å²) in [5.74, 6) is -0.348. The van der Waals surface area contributed by atoms with Crippen molar-refractivity contribution in [3.8, 4) is 0 Å². The quantitative estimate of drug-likeness (QED) is 0.819. The molecule has 25 heavy (non-hydrogen) atoms. The standard InChI is InChI=1S/C18H20N4O3/c1-3-12(2)22-15(8-10-19-22)20-16(23)9-11-21-17(24)13-6-4-5-7-14(13)18(21)25/h4-8,10,12H,3,9,11H2,1-2H3,(H,20,23). The summed E-state index contributed by atoms with van der Waals surface area (Å²) in [7, 11) is 0. The van der Waals surface area contributed by atoms with Crippen LogP contribution in [0.2, 0.25) is 0 Å². The second kappa shape index (κ2) is 6.88. The normalized spacial score (nSPS) is 14.6. The molecule has 7 heteroatoms. The Morgan fingerprint density at radius 1 is 1.16 bits per heavy atom. The Morgan fingerprint density at radius 2 is 1.80 bits per heavy atom. The zero-order chi connectivity index (χ0) is 18.0. The van der Waals surface area contributed by atoms with Gasteiger partial charge >= 0.3 is 0 Å². The molecule has 2 heterocycles. The van der Waals surface area contributed by atoms with E-state index >= 15 is 0 Å². The van der Waals surface area contributed by atoms with Crippen LogP contribution in [0.4, 0.5) is 5.82 Å². The van der Waals surface area contributed by atoms with Crippen molar-refractivity contribution in [1.82, 2.24) is 14.7 Å². The highest BCUT2D eigenvalue weighted by Crippen LogP contribution is 2.22. The van der Waals surface area contributed by atoms with E-state index in [1.165, 1.54) is 0 Å². The predicted octanol–water partition coefficient (Wildman–Crippen LogP) is 2.48. The highest BCUT2D eigenvalue weighted by Gasteiger charge is 2.34. The molecule has 0 spiro atoms. The van der Waals surface area contributed by atoms with E-state index in [1.54, 1.807) is 41.2 Å². The molecule has 3 rings (SSSR count). The zero-order valence-electron chi connectivity index (χ0n) is 14.2. The molecule has 0 saturated carbocycles. The van der Waals surface area contributed by atoms with Crippen molar-refractivity contribution in [2.45, 2.75) is 32.7 Å². The average molecular weight is 340 g/mol. The number of nitrogens with zero attached hydrogens (tertiary/aromatic N) is 3. The molecule has 7 nitrogen and oxygen atoms in total. The number of nitrogens with one attached hydrogen (secondary N) is 1. The van der Waals surface area contributed by atoms with Crippen molar-refractivity contribution < 1.29 is 14.4 Å². The Kier molecular flexibility index (Phi) is 4.65. The first-order valence-corrected chi connectivity index (χ1v) is 8.31. The van der Waals surface area contributed by atoms with Crippen molar-refractivity contribution in [3.63, 3.8) is 0 Å². The number of carbonyl (C=O) groups is 3. The molecule has 0 aliphatic carbocycles. The fraction of sp³-hybridized carbons (Fsp3) is 0.333.